The minimum atomic E-state index is -3.97. The van der Waals surface area contributed by atoms with Crippen LogP contribution < -0.4 is 14.9 Å². The summed E-state index contributed by atoms with van der Waals surface area (Å²) >= 11 is 0. The maximum absolute atomic E-state index is 12.6. The SMILES string of the molecule is Cc1nc(Nc2ccc(NS(=O)(=O)c3cccc([N+](=O)[O-])c3)cc2)cc(N2CCCCC2)n1. The molecule has 0 saturated carbocycles. The number of rotatable bonds is 7. The third kappa shape index (κ3) is 5.55. The molecule has 0 atom stereocenters. The number of piperidine rings is 1. The largest absolute Gasteiger partial charge is 0.356 e. The second-order valence-corrected chi connectivity index (χ2v) is 9.45. The van der Waals surface area contributed by atoms with Crippen LogP contribution in [0.2, 0.25) is 0 Å². The summed E-state index contributed by atoms with van der Waals surface area (Å²) in [5.74, 6) is 2.22. The molecule has 0 unspecified atom stereocenters. The van der Waals surface area contributed by atoms with Crippen molar-refractivity contribution >= 4 is 38.7 Å². The van der Waals surface area contributed by atoms with E-state index in [2.05, 4.69) is 24.9 Å². The molecule has 1 aliphatic rings. The van der Waals surface area contributed by atoms with Gasteiger partial charge in [0.05, 0.1) is 9.82 Å². The van der Waals surface area contributed by atoms with Crippen LogP contribution in [0, 0.1) is 17.0 Å². The number of nitro benzene ring substituents is 1. The van der Waals surface area contributed by atoms with Crippen molar-refractivity contribution in [3.05, 3.63) is 70.5 Å². The average Bonchev–Trinajstić information content (AvgIpc) is 2.80. The smallest absolute Gasteiger partial charge is 0.270 e. The predicted octanol–water partition coefficient (Wildman–Crippen LogP) is 4.23. The van der Waals surface area contributed by atoms with Gasteiger partial charge in [-0.2, -0.15) is 0 Å². The lowest BCUT2D eigenvalue weighted by atomic mass is 10.1. The van der Waals surface area contributed by atoms with E-state index in [0.717, 1.165) is 43.5 Å². The number of benzene rings is 2. The number of nitrogens with zero attached hydrogens (tertiary/aromatic N) is 4. The first-order valence-electron chi connectivity index (χ1n) is 10.6. The highest BCUT2D eigenvalue weighted by molar-refractivity contribution is 7.92. The Labute approximate surface area is 191 Å². The van der Waals surface area contributed by atoms with E-state index < -0.39 is 14.9 Å². The average molecular weight is 469 g/mol. The van der Waals surface area contributed by atoms with Crippen molar-refractivity contribution < 1.29 is 13.3 Å². The van der Waals surface area contributed by atoms with Gasteiger partial charge < -0.3 is 10.2 Å². The Hall–Kier alpha value is -3.73. The fourth-order valence-electron chi connectivity index (χ4n) is 3.65. The first kappa shape index (κ1) is 22.5. The normalized spacial score (nSPS) is 14.0. The molecule has 0 amide bonds. The molecule has 4 rings (SSSR count). The number of anilines is 4. The molecule has 0 bridgehead atoms. The Balaban J connectivity index is 1.47. The molecular weight excluding hydrogens is 444 g/mol. The summed E-state index contributed by atoms with van der Waals surface area (Å²) < 4.78 is 27.7. The van der Waals surface area contributed by atoms with Gasteiger partial charge in [0.15, 0.2) is 0 Å². The van der Waals surface area contributed by atoms with Crippen molar-refractivity contribution in [1.29, 1.82) is 0 Å². The van der Waals surface area contributed by atoms with Gasteiger partial charge in [0.1, 0.15) is 17.5 Å². The lowest BCUT2D eigenvalue weighted by molar-refractivity contribution is -0.385. The summed E-state index contributed by atoms with van der Waals surface area (Å²) in [6, 6.07) is 13.5. The molecule has 3 aromatic rings. The minimum Gasteiger partial charge on any atom is -0.356 e. The number of sulfonamides is 1. The van der Waals surface area contributed by atoms with Crippen LogP contribution in [0.3, 0.4) is 0 Å². The van der Waals surface area contributed by atoms with Gasteiger partial charge in [0, 0.05) is 42.7 Å². The molecule has 0 aliphatic carbocycles. The van der Waals surface area contributed by atoms with Gasteiger partial charge in [0.25, 0.3) is 15.7 Å². The van der Waals surface area contributed by atoms with Gasteiger partial charge in [0.2, 0.25) is 0 Å². The van der Waals surface area contributed by atoms with E-state index in [9.17, 15) is 18.5 Å². The number of hydrogen-bond acceptors (Lipinski definition) is 8. The van der Waals surface area contributed by atoms with Crippen LogP contribution in [-0.2, 0) is 10.0 Å². The van der Waals surface area contributed by atoms with Crippen molar-refractivity contribution in [3.8, 4) is 0 Å². The molecule has 0 radical (unpaired) electrons. The molecular formula is C22H24N6O4S. The Kier molecular flexibility index (Phi) is 6.40. The summed E-state index contributed by atoms with van der Waals surface area (Å²) in [6.07, 6.45) is 3.54. The molecule has 1 aliphatic heterocycles. The monoisotopic (exact) mass is 468 g/mol. The quantitative estimate of drug-likeness (QED) is 0.389. The number of non-ortho nitro benzene ring substituents is 1. The number of nitrogens with one attached hydrogen (secondary N) is 2. The summed E-state index contributed by atoms with van der Waals surface area (Å²) in [4.78, 5) is 21.4. The van der Waals surface area contributed by atoms with Crippen molar-refractivity contribution in [2.75, 3.05) is 28.0 Å². The predicted molar refractivity (Wildman–Crippen MR) is 126 cm³/mol. The van der Waals surface area contributed by atoms with E-state index in [-0.39, 0.29) is 10.6 Å². The van der Waals surface area contributed by atoms with E-state index >= 15 is 0 Å². The van der Waals surface area contributed by atoms with Crippen molar-refractivity contribution in [2.24, 2.45) is 0 Å². The van der Waals surface area contributed by atoms with Crippen LogP contribution in [0.1, 0.15) is 25.1 Å². The first-order valence-corrected chi connectivity index (χ1v) is 12.0. The van der Waals surface area contributed by atoms with E-state index in [1.165, 1.54) is 24.6 Å². The molecule has 10 nitrogen and oxygen atoms in total. The molecule has 33 heavy (non-hydrogen) atoms. The highest BCUT2D eigenvalue weighted by atomic mass is 32.2. The maximum Gasteiger partial charge on any atom is 0.270 e. The lowest BCUT2D eigenvalue weighted by Crippen LogP contribution is -2.30. The Bertz CT molecular complexity index is 1260. The zero-order valence-electron chi connectivity index (χ0n) is 18.1. The van der Waals surface area contributed by atoms with Gasteiger partial charge >= 0.3 is 0 Å². The van der Waals surface area contributed by atoms with E-state index in [1.54, 1.807) is 24.3 Å². The highest BCUT2D eigenvalue weighted by Gasteiger charge is 2.18. The van der Waals surface area contributed by atoms with Gasteiger partial charge in [-0.3, -0.25) is 14.8 Å². The molecule has 172 valence electrons. The Morgan fingerprint density at radius 3 is 2.36 bits per heavy atom. The van der Waals surface area contributed by atoms with Crippen LogP contribution in [0.15, 0.2) is 59.5 Å². The highest BCUT2D eigenvalue weighted by Crippen LogP contribution is 2.25. The molecule has 1 aromatic heterocycles. The van der Waals surface area contributed by atoms with E-state index in [4.69, 9.17) is 0 Å². The van der Waals surface area contributed by atoms with Crippen LogP contribution in [0.25, 0.3) is 0 Å². The Morgan fingerprint density at radius 1 is 0.970 bits per heavy atom. The molecule has 2 aromatic carbocycles. The molecule has 1 saturated heterocycles. The summed E-state index contributed by atoms with van der Waals surface area (Å²) in [5, 5.41) is 14.2. The fraction of sp³-hybridized carbons (Fsp3) is 0.273. The van der Waals surface area contributed by atoms with Gasteiger partial charge in [-0.05, 0) is 56.5 Å². The standard InChI is InChI=1S/C22H24N6O4S/c1-16-23-21(15-22(24-16)27-12-3-2-4-13-27)25-17-8-10-18(11-9-17)26-33(31,32)20-7-5-6-19(14-20)28(29)30/h5-11,14-15,26H,2-4,12-13H2,1H3,(H,23,24,25). The third-order valence-electron chi connectivity index (χ3n) is 5.25. The summed E-state index contributed by atoms with van der Waals surface area (Å²) in [7, 11) is -3.97. The minimum absolute atomic E-state index is 0.180. The molecule has 2 N–H and O–H groups in total. The molecule has 2 heterocycles. The zero-order valence-corrected chi connectivity index (χ0v) is 18.9. The summed E-state index contributed by atoms with van der Waals surface area (Å²) in [5.41, 5.74) is 0.775. The number of nitro groups is 1. The Morgan fingerprint density at radius 2 is 1.67 bits per heavy atom. The zero-order chi connectivity index (χ0) is 23.4. The number of hydrogen-bond donors (Lipinski definition) is 2. The second-order valence-electron chi connectivity index (χ2n) is 7.77. The first-order chi connectivity index (χ1) is 15.8. The van der Waals surface area contributed by atoms with Gasteiger partial charge in [-0.25, -0.2) is 18.4 Å². The summed E-state index contributed by atoms with van der Waals surface area (Å²) in [6.45, 7) is 3.81. The third-order valence-corrected chi connectivity index (χ3v) is 6.63. The van der Waals surface area contributed by atoms with Gasteiger partial charge in [-0.1, -0.05) is 6.07 Å². The number of aromatic nitrogens is 2. The van der Waals surface area contributed by atoms with E-state index in [1.807, 2.05) is 13.0 Å². The van der Waals surface area contributed by atoms with Crippen LogP contribution >= 0.6 is 0 Å². The molecule has 0 spiro atoms. The maximum atomic E-state index is 12.6. The van der Waals surface area contributed by atoms with Crippen molar-refractivity contribution in [1.82, 2.24) is 9.97 Å². The number of aryl methyl sites for hydroxylation is 1. The van der Waals surface area contributed by atoms with Gasteiger partial charge in [-0.15, -0.1) is 0 Å². The van der Waals surface area contributed by atoms with Crippen molar-refractivity contribution in [2.45, 2.75) is 31.1 Å². The lowest BCUT2D eigenvalue weighted by Gasteiger charge is -2.28. The fourth-order valence-corrected chi connectivity index (χ4v) is 4.75. The van der Waals surface area contributed by atoms with Crippen LogP contribution in [-0.4, -0.2) is 36.4 Å². The van der Waals surface area contributed by atoms with Crippen LogP contribution in [0.4, 0.5) is 28.7 Å². The topological polar surface area (TPSA) is 130 Å². The van der Waals surface area contributed by atoms with Crippen LogP contribution in [0.5, 0.6) is 0 Å². The molecule has 11 heteroatoms. The van der Waals surface area contributed by atoms with Crippen molar-refractivity contribution in [3.63, 3.8) is 0 Å². The van der Waals surface area contributed by atoms with E-state index in [0.29, 0.717) is 17.3 Å². The molecule has 1 fully saturated rings. The second kappa shape index (κ2) is 9.41.